The molecule has 3 heterocycles. The molecular formula is C25H27FN4O2S. The van der Waals surface area contributed by atoms with Crippen molar-refractivity contribution in [3.05, 3.63) is 59.4 Å². The van der Waals surface area contributed by atoms with Crippen LogP contribution in [0.25, 0.3) is 10.6 Å². The number of aromatic nitrogens is 2. The first kappa shape index (κ1) is 21.8. The molecule has 1 aliphatic heterocycles. The zero-order valence-corrected chi connectivity index (χ0v) is 19.4. The van der Waals surface area contributed by atoms with Gasteiger partial charge < -0.3 is 5.32 Å². The third-order valence-corrected chi connectivity index (χ3v) is 7.59. The third kappa shape index (κ3) is 3.97. The molecule has 0 saturated heterocycles. The van der Waals surface area contributed by atoms with Gasteiger partial charge in [0.05, 0.1) is 17.1 Å². The minimum Gasteiger partial charge on any atom is -0.351 e. The molecule has 1 N–H and O–H groups in total. The molecule has 1 aliphatic carbocycles. The largest absolute Gasteiger partial charge is 0.351 e. The van der Waals surface area contributed by atoms with Gasteiger partial charge in [0.1, 0.15) is 22.7 Å². The minimum atomic E-state index is -1.32. The van der Waals surface area contributed by atoms with Gasteiger partial charge in [0, 0.05) is 6.04 Å². The lowest BCUT2D eigenvalue weighted by Gasteiger charge is -2.43. The van der Waals surface area contributed by atoms with Gasteiger partial charge in [-0.3, -0.25) is 19.2 Å². The van der Waals surface area contributed by atoms with Crippen molar-refractivity contribution in [2.75, 3.05) is 4.90 Å². The summed E-state index contributed by atoms with van der Waals surface area (Å²) >= 11 is 1.53. The van der Waals surface area contributed by atoms with Crippen LogP contribution in [0.1, 0.15) is 55.9 Å². The predicted molar refractivity (Wildman–Crippen MR) is 127 cm³/mol. The number of amides is 2. The first-order valence-corrected chi connectivity index (χ1v) is 12.4. The number of anilines is 1. The number of para-hydroxylation sites is 1. The van der Waals surface area contributed by atoms with E-state index in [2.05, 4.69) is 10.4 Å². The van der Waals surface area contributed by atoms with Crippen LogP contribution >= 0.6 is 11.3 Å². The fraction of sp³-hybridized carbons (Fsp3) is 0.400. The van der Waals surface area contributed by atoms with Crippen LogP contribution in [0.2, 0.25) is 0 Å². The normalized spacial score (nSPS) is 21.5. The molecule has 8 heteroatoms. The number of carbonyl (C=O) groups excluding carboxylic acids is 2. The number of carbonyl (C=O) groups is 2. The summed E-state index contributed by atoms with van der Waals surface area (Å²) in [6, 6.07) is 11.8. The highest BCUT2D eigenvalue weighted by Crippen LogP contribution is 2.36. The molecule has 0 bridgehead atoms. The maximum Gasteiger partial charge on any atom is 0.277 e. The quantitative estimate of drug-likeness (QED) is 0.550. The van der Waals surface area contributed by atoms with E-state index in [1.807, 2.05) is 17.5 Å². The summed E-state index contributed by atoms with van der Waals surface area (Å²) in [4.78, 5) is 29.7. The molecule has 1 unspecified atom stereocenters. The summed E-state index contributed by atoms with van der Waals surface area (Å²) < 4.78 is 16.5. The molecule has 0 spiro atoms. The Hall–Kier alpha value is -3.00. The number of rotatable bonds is 4. The van der Waals surface area contributed by atoms with Crippen LogP contribution < -0.4 is 10.2 Å². The Morgan fingerprint density at radius 2 is 1.91 bits per heavy atom. The summed E-state index contributed by atoms with van der Waals surface area (Å²) in [6.45, 7) is 1.85. The number of hydrogen-bond acceptors (Lipinski definition) is 4. The third-order valence-electron chi connectivity index (χ3n) is 6.70. The van der Waals surface area contributed by atoms with Crippen molar-refractivity contribution in [1.82, 2.24) is 15.1 Å². The van der Waals surface area contributed by atoms with Gasteiger partial charge in [-0.2, -0.15) is 5.10 Å². The van der Waals surface area contributed by atoms with E-state index in [4.69, 9.17) is 0 Å². The van der Waals surface area contributed by atoms with E-state index >= 15 is 0 Å². The lowest BCUT2D eigenvalue weighted by Crippen LogP contribution is -2.65. The molecule has 2 aromatic heterocycles. The van der Waals surface area contributed by atoms with Gasteiger partial charge in [0.15, 0.2) is 0 Å². The summed E-state index contributed by atoms with van der Waals surface area (Å²) in [6.07, 6.45) is 6.34. The van der Waals surface area contributed by atoms with E-state index in [1.165, 1.54) is 35.1 Å². The van der Waals surface area contributed by atoms with E-state index in [0.29, 0.717) is 11.4 Å². The molecular weight excluding hydrogens is 439 g/mol. The lowest BCUT2D eigenvalue weighted by atomic mass is 9.93. The van der Waals surface area contributed by atoms with Crippen LogP contribution in [0.5, 0.6) is 0 Å². The zero-order chi connectivity index (χ0) is 23.0. The molecule has 1 saturated carbocycles. The maximum absolute atomic E-state index is 14.9. The van der Waals surface area contributed by atoms with Crippen molar-refractivity contribution in [2.24, 2.45) is 0 Å². The smallest absolute Gasteiger partial charge is 0.277 e. The van der Waals surface area contributed by atoms with Gasteiger partial charge in [0.25, 0.3) is 5.91 Å². The standard InChI is InChI=1S/C25H27FN4O2S/c1-25(24(32)27-17-9-4-2-3-5-10-17)16-29-21(15-19(28-29)22-13-8-14-33-22)23(31)30(25)20-12-7-6-11-18(20)26/h6-8,11-15,17H,2-5,9-10,16H2,1H3,(H,27,32). The molecule has 5 rings (SSSR count). The number of benzene rings is 1. The number of fused-ring (bicyclic) bond motifs is 1. The van der Waals surface area contributed by atoms with Crippen LogP contribution in [0.4, 0.5) is 10.1 Å². The number of nitrogens with zero attached hydrogens (tertiary/aromatic N) is 3. The van der Waals surface area contributed by atoms with Gasteiger partial charge in [-0.05, 0) is 49.4 Å². The first-order chi connectivity index (χ1) is 16.0. The van der Waals surface area contributed by atoms with Gasteiger partial charge in [0.2, 0.25) is 5.91 Å². The van der Waals surface area contributed by atoms with Crippen molar-refractivity contribution in [2.45, 2.75) is 63.6 Å². The molecule has 0 radical (unpaired) electrons. The minimum absolute atomic E-state index is 0.0649. The molecule has 6 nitrogen and oxygen atoms in total. The van der Waals surface area contributed by atoms with Crippen molar-refractivity contribution in [3.63, 3.8) is 0 Å². The first-order valence-electron chi connectivity index (χ1n) is 11.5. The Labute approximate surface area is 196 Å². The second-order valence-electron chi connectivity index (χ2n) is 9.08. The van der Waals surface area contributed by atoms with Crippen LogP contribution in [0.3, 0.4) is 0 Å². The fourth-order valence-electron chi connectivity index (χ4n) is 4.90. The number of nitrogens with one attached hydrogen (secondary N) is 1. The van der Waals surface area contributed by atoms with Crippen molar-refractivity contribution < 1.29 is 14.0 Å². The van der Waals surface area contributed by atoms with E-state index in [0.717, 1.165) is 30.6 Å². The topological polar surface area (TPSA) is 67.2 Å². The molecule has 33 heavy (non-hydrogen) atoms. The van der Waals surface area contributed by atoms with Crippen molar-refractivity contribution >= 4 is 28.8 Å². The van der Waals surface area contributed by atoms with E-state index in [9.17, 15) is 14.0 Å². The summed E-state index contributed by atoms with van der Waals surface area (Å²) in [5, 5.41) is 9.77. The van der Waals surface area contributed by atoms with Gasteiger partial charge in [-0.25, -0.2) is 4.39 Å². The number of halogens is 1. The Bertz CT molecular complexity index is 1170. The molecule has 172 valence electrons. The number of thiophene rings is 1. The highest BCUT2D eigenvalue weighted by Gasteiger charge is 2.50. The maximum atomic E-state index is 14.9. The van der Waals surface area contributed by atoms with Gasteiger partial charge >= 0.3 is 0 Å². The second-order valence-corrected chi connectivity index (χ2v) is 10.0. The van der Waals surface area contributed by atoms with Crippen molar-refractivity contribution in [3.8, 4) is 10.6 Å². The van der Waals surface area contributed by atoms with Crippen LogP contribution in [-0.2, 0) is 11.3 Å². The monoisotopic (exact) mass is 466 g/mol. The molecule has 2 aliphatic rings. The Balaban J connectivity index is 1.56. The fourth-order valence-corrected chi connectivity index (χ4v) is 5.58. The van der Waals surface area contributed by atoms with Crippen LogP contribution in [0, 0.1) is 5.82 Å². The SMILES string of the molecule is CC1(C(=O)NC2CCCCCC2)Cn2nc(-c3cccs3)cc2C(=O)N1c1ccccc1F. The molecule has 1 fully saturated rings. The average molecular weight is 467 g/mol. The summed E-state index contributed by atoms with van der Waals surface area (Å²) in [7, 11) is 0. The van der Waals surface area contributed by atoms with Crippen molar-refractivity contribution in [1.29, 1.82) is 0 Å². The van der Waals surface area contributed by atoms with Crippen LogP contribution in [-0.4, -0.2) is 33.2 Å². The van der Waals surface area contributed by atoms with Crippen LogP contribution in [0.15, 0.2) is 47.8 Å². The number of hydrogen-bond donors (Lipinski definition) is 1. The Morgan fingerprint density at radius 3 is 2.61 bits per heavy atom. The molecule has 3 aromatic rings. The van der Waals surface area contributed by atoms with Gasteiger partial charge in [-0.1, -0.05) is 43.9 Å². The Kier molecular flexibility index (Phi) is 5.78. The highest BCUT2D eigenvalue weighted by molar-refractivity contribution is 7.13. The highest BCUT2D eigenvalue weighted by atomic mass is 32.1. The predicted octanol–water partition coefficient (Wildman–Crippen LogP) is 5.01. The molecule has 1 atom stereocenters. The summed E-state index contributed by atoms with van der Waals surface area (Å²) in [5.74, 6) is -1.24. The Morgan fingerprint density at radius 1 is 1.15 bits per heavy atom. The summed E-state index contributed by atoms with van der Waals surface area (Å²) in [5.41, 5.74) is -0.195. The van der Waals surface area contributed by atoms with E-state index < -0.39 is 17.3 Å². The average Bonchev–Trinajstić information content (AvgIpc) is 3.40. The zero-order valence-electron chi connectivity index (χ0n) is 18.6. The molecule has 1 aromatic carbocycles. The lowest BCUT2D eigenvalue weighted by molar-refractivity contribution is -0.127. The second kappa shape index (κ2) is 8.74. The van der Waals surface area contributed by atoms with E-state index in [-0.39, 0.29) is 24.2 Å². The van der Waals surface area contributed by atoms with E-state index in [1.54, 1.807) is 35.9 Å². The molecule has 2 amide bonds. The van der Waals surface area contributed by atoms with Gasteiger partial charge in [-0.15, -0.1) is 11.3 Å².